The van der Waals surface area contributed by atoms with E-state index in [0.717, 1.165) is 29.2 Å². The molecule has 1 amide bonds. The van der Waals surface area contributed by atoms with Gasteiger partial charge in [-0.05, 0) is 30.7 Å². The van der Waals surface area contributed by atoms with Gasteiger partial charge in [-0.3, -0.25) is 14.6 Å². The van der Waals surface area contributed by atoms with E-state index in [2.05, 4.69) is 25.5 Å². The second kappa shape index (κ2) is 9.14. The summed E-state index contributed by atoms with van der Waals surface area (Å²) in [6.07, 6.45) is -3.13. The van der Waals surface area contributed by atoms with Crippen LogP contribution in [0.4, 0.5) is 18.3 Å². The SMILES string of the molecule is Cc1nnc(SCC(=O)Nc2ncc(Cc3cc(Cl)ccc3C(F)(F)F)s2)[nH]c1=O. The van der Waals surface area contributed by atoms with Crippen LogP contribution >= 0.6 is 34.7 Å². The minimum absolute atomic E-state index is 0.0222. The Labute approximate surface area is 181 Å². The monoisotopic (exact) mass is 475 g/mol. The number of nitrogens with one attached hydrogen (secondary N) is 2. The minimum atomic E-state index is -4.50. The molecule has 0 atom stereocenters. The van der Waals surface area contributed by atoms with Gasteiger partial charge in [-0.25, -0.2) is 4.98 Å². The van der Waals surface area contributed by atoms with Gasteiger partial charge in [-0.15, -0.1) is 21.5 Å². The first-order valence-electron chi connectivity index (χ1n) is 8.28. The first kappa shape index (κ1) is 22.2. The molecule has 3 aromatic rings. The van der Waals surface area contributed by atoms with Crippen LogP contribution in [0.3, 0.4) is 0 Å². The molecule has 0 aliphatic carbocycles. The molecule has 3 rings (SSSR count). The van der Waals surface area contributed by atoms with Gasteiger partial charge in [0.25, 0.3) is 5.56 Å². The molecule has 0 unspecified atom stereocenters. The molecule has 0 bridgehead atoms. The fourth-order valence-corrected chi connectivity index (χ4v) is 4.00. The maximum atomic E-state index is 13.2. The van der Waals surface area contributed by atoms with Crippen molar-refractivity contribution in [3.8, 4) is 0 Å². The molecule has 2 aromatic heterocycles. The average molecular weight is 476 g/mol. The maximum absolute atomic E-state index is 13.2. The van der Waals surface area contributed by atoms with E-state index < -0.39 is 23.2 Å². The summed E-state index contributed by atoms with van der Waals surface area (Å²) in [5.74, 6) is -0.474. The Hall–Kier alpha value is -2.44. The standard InChI is InChI=1S/C17H13ClF3N5O2S2/c1-8-14(28)24-16(26-25-8)29-7-13(27)23-15-22-6-11(30-15)5-9-4-10(18)2-3-12(9)17(19,20)21/h2-4,6H,5,7H2,1H3,(H,22,23,27)(H,24,26,28). The lowest BCUT2D eigenvalue weighted by atomic mass is 10.0. The number of thioether (sulfide) groups is 1. The van der Waals surface area contributed by atoms with Crippen LogP contribution in [0, 0.1) is 6.92 Å². The van der Waals surface area contributed by atoms with Crippen molar-refractivity contribution in [3.05, 3.63) is 61.5 Å². The lowest BCUT2D eigenvalue weighted by Gasteiger charge is -2.12. The van der Waals surface area contributed by atoms with Crippen LogP contribution in [0.5, 0.6) is 0 Å². The molecular formula is C17H13ClF3N5O2S2. The van der Waals surface area contributed by atoms with Crippen LogP contribution < -0.4 is 10.9 Å². The number of aromatic amines is 1. The van der Waals surface area contributed by atoms with Gasteiger partial charge in [0.15, 0.2) is 10.3 Å². The summed E-state index contributed by atoms with van der Waals surface area (Å²) in [5, 5.41) is 10.6. The molecule has 0 saturated heterocycles. The fraction of sp³-hybridized carbons (Fsp3) is 0.235. The Bertz CT molecular complexity index is 1130. The summed E-state index contributed by atoms with van der Waals surface area (Å²) in [6.45, 7) is 1.51. The molecule has 158 valence electrons. The number of alkyl halides is 3. The summed E-state index contributed by atoms with van der Waals surface area (Å²) in [6, 6.07) is 3.40. The smallest absolute Gasteiger partial charge is 0.301 e. The first-order chi connectivity index (χ1) is 14.1. The summed E-state index contributed by atoms with van der Waals surface area (Å²) >= 11 is 7.88. The highest BCUT2D eigenvalue weighted by Crippen LogP contribution is 2.35. The van der Waals surface area contributed by atoms with Crippen LogP contribution in [0.1, 0.15) is 21.7 Å². The predicted molar refractivity (Wildman–Crippen MR) is 108 cm³/mol. The van der Waals surface area contributed by atoms with Gasteiger partial charge in [-0.2, -0.15) is 13.2 Å². The minimum Gasteiger partial charge on any atom is -0.301 e. The Balaban J connectivity index is 1.63. The van der Waals surface area contributed by atoms with Crippen LogP contribution in [0.15, 0.2) is 34.3 Å². The highest BCUT2D eigenvalue weighted by molar-refractivity contribution is 7.99. The zero-order valence-corrected chi connectivity index (χ0v) is 17.6. The van der Waals surface area contributed by atoms with E-state index >= 15 is 0 Å². The van der Waals surface area contributed by atoms with Crippen molar-refractivity contribution < 1.29 is 18.0 Å². The first-order valence-corrected chi connectivity index (χ1v) is 10.5. The second-order valence-corrected chi connectivity index (χ2v) is 8.50. The molecule has 7 nitrogen and oxygen atoms in total. The van der Waals surface area contributed by atoms with Crippen molar-refractivity contribution in [2.24, 2.45) is 0 Å². The number of hydrogen-bond donors (Lipinski definition) is 2. The van der Waals surface area contributed by atoms with Crippen molar-refractivity contribution in [2.45, 2.75) is 24.7 Å². The van der Waals surface area contributed by atoms with E-state index in [1.807, 2.05) is 0 Å². The summed E-state index contributed by atoms with van der Waals surface area (Å²) in [4.78, 5) is 30.6. The Morgan fingerprint density at radius 3 is 2.80 bits per heavy atom. The van der Waals surface area contributed by atoms with E-state index in [1.165, 1.54) is 25.3 Å². The van der Waals surface area contributed by atoms with Gasteiger partial charge in [-0.1, -0.05) is 23.4 Å². The van der Waals surface area contributed by atoms with Crippen molar-refractivity contribution in [1.82, 2.24) is 20.2 Å². The van der Waals surface area contributed by atoms with Crippen molar-refractivity contribution in [3.63, 3.8) is 0 Å². The zero-order valence-electron chi connectivity index (χ0n) is 15.2. The van der Waals surface area contributed by atoms with Gasteiger partial charge in [0, 0.05) is 22.5 Å². The van der Waals surface area contributed by atoms with E-state index in [9.17, 15) is 22.8 Å². The zero-order chi connectivity index (χ0) is 21.9. The van der Waals surface area contributed by atoms with Crippen LogP contribution in [-0.4, -0.2) is 31.8 Å². The van der Waals surface area contributed by atoms with Gasteiger partial charge in [0.1, 0.15) is 5.69 Å². The van der Waals surface area contributed by atoms with Crippen molar-refractivity contribution in [1.29, 1.82) is 0 Å². The molecule has 0 aliphatic rings. The average Bonchev–Trinajstić information content (AvgIpc) is 3.08. The largest absolute Gasteiger partial charge is 0.416 e. The number of aryl methyl sites for hydroxylation is 1. The number of aromatic nitrogens is 4. The lowest BCUT2D eigenvalue weighted by molar-refractivity contribution is -0.138. The highest BCUT2D eigenvalue weighted by Gasteiger charge is 2.33. The van der Waals surface area contributed by atoms with E-state index in [0.29, 0.717) is 4.88 Å². The van der Waals surface area contributed by atoms with Crippen LogP contribution in [-0.2, 0) is 17.4 Å². The number of nitrogens with zero attached hydrogens (tertiary/aromatic N) is 3. The highest BCUT2D eigenvalue weighted by atomic mass is 35.5. The molecule has 2 N–H and O–H groups in total. The quantitative estimate of drug-likeness (QED) is 0.524. The molecule has 0 fully saturated rings. The third-order valence-corrected chi connectivity index (χ3v) is 5.73. The van der Waals surface area contributed by atoms with Crippen LogP contribution in [0.2, 0.25) is 5.02 Å². The van der Waals surface area contributed by atoms with E-state index in [1.54, 1.807) is 0 Å². The molecule has 0 saturated carbocycles. The maximum Gasteiger partial charge on any atom is 0.416 e. The number of hydrogen-bond acceptors (Lipinski definition) is 7. The number of benzene rings is 1. The van der Waals surface area contributed by atoms with Gasteiger partial charge in [0.2, 0.25) is 5.91 Å². The number of carbonyl (C=O) groups excluding carboxylic acids is 1. The van der Waals surface area contributed by atoms with E-state index in [-0.39, 0.29) is 38.7 Å². The summed E-state index contributed by atoms with van der Waals surface area (Å²) in [7, 11) is 0. The van der Waals surface area contributed by atoms with Crippen molar-refractivity contribution in [2.75, 3.05) is 11.1 Å². The summed E-state index contributed by atoms with van der Waals surface area (Å²) in [5.41, 5.74) is -0.923. The van der Waals surface area contributed by atoms with E-state index in [4.69, 9.17) is 11.6 Å². The Kier molecular flexibility index (Phi) is 6.78. The fourth-order valence-electron chi connectivity index (χ4n) is 2.35. The Morgan fingerprint density at radius 1 is 1.33 bits per heavy atom. The topological polar surface area (TPSA) is 101 Å². The number of rotatable bonds is 6. The van der Waals surface area contributed by atoms with Crippen molar-refractivity contribution >= 4 is 45.7 Å². The van der Waals surface area contributed by atoms with Gasteiger partial charge in [0.05, 0.1) is 11.3 Å². The third kappa shape index (κ3) is 5.80. The van der Waals surface area contributed by atoms with Crippen LogP contribution in [0.25, 0.3) is 0 Å². The molecule has 1 aromatic carbocycles. The number of thiazole rings is 1. The molecule has 2 heterocycles. The number of anilines is 1. The normalized spacial score (nSPS) is 11.5. The lowest BCUT2D eigenvalue weighted by Crippen LogP contribution is -2.17. The second-order valence-electron chi connectivity index (χ2n) is 5.99. The molecular weight excluding hydrogens is 463 g/mol. The summed E-state index contributed by atoms with van der Waals surface area (Å²) < 4.78 is 39.6. The molecule has 13 heteroatoms. The molecule has 0 aliphatic heterocycles. The molecule has 0 radical (unpaired) electrons. The number of H-pyrrole nitrogens is 1. The Morgan fingerprint density at radius 2 is 2.10 bits per heavy atom. The number of halogens is 4. The number of carbonyl (C=O) groups is 1. The predicted octanol–water partition coefficient (Wildman–Crippen LogP) is 3.92. The molecule has 0 spiro atoms. The van der Waals surface area contributed by atoms with Gasteiger partial charge < -0.3 is 5.32 Å². The van der Waals surface area contributed by atoms with Gasteiger partial charge >= 0.3 is 6.18 Å². The molecule has 30 heavy (non-hydrogen) atoms. The third-order valence-electron chi connectivity index (χ3n) is 3.72. The number of amides is 1.